The molecule has 0 amide bonds. The average molecular weight is 260 g/mol. The van der Waals surface area contributed by atoms with Gasteiger partial charge in [-0.25, -0.2) is 8.42 Å². The van der Waals surface area contributed by atoms with Gasteiger partial charge in [-0.05, 0) is 12.1 Å². The molecule has 0 aliphatic carbocycles. The first kappa shape index (κ1) is 12.8. The third-order valence-electron chi connectivity index (χ3n) is 2.55. The van der Waals surface area contributed by atoms with E-state index in [1.807, 2.05) is 48.5 Å². The predicted molar refractivity (Wildman–Crippen MR) is 72.5 cm³/mol. The molecule has 0 saturated carbocycles. The van der Waals surface area contributed by atoms with E-state index in [2.05, 4.69) is 11.2 Å². The van der Waals surface area contributed by atoms with Crippen LogP contribution in [0.5, 0.6) is 0 Å². The van der Waals surface area contributed by atoms with Gasteiger partial charge in [0.15, 0.2) is 9.84 Å². The lowest BCUT2D eigenvalue weighted by Crippen LogP contribution is -2.05. The van der Waals surface area contributed by atoms with Gasteiger partial charge in [0.2, 0.25) is 0 Å². The molecule has 1 heterocycles. The molecule has 0 atom stereocenters. The Morgan fingerprint density at radius 3 is 2.39 bits per heavy atom. The van der Waals surface area contributed by atoms with E-state index >= 15 is 0 Å². The summed E-state index contributed by atoms with van der Waals surface area (Å²) >= 11 is 0. The van der Waals surface area contributed by atoms with Gasteiger partial charge >= 0.3 is 0 Å². The van der Waals surface area contributed by atoms with Crippen LogP contribution in [0.25, 0.3) is 11.3 Å². The maximum atomic E-state index is 11.0. The summed E-state index contributed by atoms with van der Waals surface area (Å²) in [5.41, 5.74) is 2.65. The topological polar surface area (TPSA) is 47.0 Å². The number of aromatic nitrogens is 1. The second-order valence-electron chi connectivity index (χ2n) is 4.08. The highest BCUT2D eigenvalue weighted by Crippen LogP contribution is 2.16. The molecular weight excluding hydrogens is 246 g/mol. The summed E-state index contributed by atoms with van der Waals surface area (Å²) in [5.74, 6) is 0.0260. The lowest BCUT2D eigenvalue weighted by molar-refractivity contribution is 0.603. The zero-order valence-electron chi connectivity index (χ0n) is 9.91. The summed E-state index contributed by atoms with van der Waals surface area (Å²) in [6.07, 6.45) is 3.51. The SMILES string of the molecule is [CH2]S(=O)(=O)CCc1cccc(-c2ccccc2)n1. The van der Waals surface area contributed by atoms with Gasteiger partial charge in [-0.2, -0.15) is 0 Å². The monoisotopic (exact) mass is 260 g/mol. The van der Waals surface area contributed by atoms with Crippen LogP contribution < -0.4 is 0 Å². The molecule has 1 aromatic heterocycles. The summed E-state index contributed by atoms with van der Waals surface area (Å²) in [5, 5.41) is 0. The van der Waals surface area contributed by atoms with Crippen LogP contribution in [0.1, 0.15) is 5.69 Å². The smallest absolute Gasteiger partial charge is 0.151 e. The van der Waals surface area contributed by atoms with Crippen LogP contribution in [0, 0.1) is 6.26 Å². The first-order valence-corrected chi connectivity index (χ1v) is 7.44. The van der Waals surface area contributed by atoms with E-state index in [9.17, 15) is 8.42 Å². The van der Waals surface area contributed by atoms with Crippen molar-refractivity contribution in [1.29, 1.82) is 0 Å². The Labute approximate surface area is 107 Å². The van der Waals surface area contributed by atoms with Crippen LogP contribution >= 0.6 is 0 Å². The highest BCUT2D eigenvalue weighted by molar-refractivity contribution is 7.92. The summed E-state index contributed by atoms with van der Waals surface area (Å²) in [6.45, 7) is 0. The Bertz CT molecular complexity index is 621. The minimum Gasteiger partial charge on any atom is -0.253 e. The molecule has 0 saturated heterocycles. The zero-order chi connectivity index (χ0) is 13.0. The van der Waals surface area contributed by atoms with Crippen LogP contribution in [0.4, 0.5) is 0 Å². The summed E-state index contributed by atoms with van der Waals surface area (Å²) in [6, 6.07) is 15.4. The van der Waals surface area contributed by atoms with Crippen molar-refractivity contribution >= 4 is 9.84 Å². The summed E-state index contributed by atoms with van der Waals surface area (Å²) in [4.78, 5) is 4.45. The second-order valence-corrected chi connectivity index (χ2v) is 5.97. The number of pyridine rings is 1. The van der Waals surface area contributed by atoms with Gasteiger partial charge in [-0.15, -0.1) is 0 Å². The number of rotatable bonds is 4. The Morgan fingerprint density at radius 2 is 1.72 bits per heavy atom. The molecule has 1 aromatic carbocycles. The van der Waals surface area contributed by atoms with Crippen molar-refractivity contribution in [2.24, 2.45) is 0 Å². The first-order chi connectivity index (χ1) is 8.54. The number of aryl methyl sites for hydroxylation is 1. The Morgan fingerprint density at radius 1 is 1.00 bits per heavy atom. The fourth-order valence-corrected chi connectivity index (χ4v) is 2.17. The minimum absolute atomic E-state index is 0.0260. The molecule has 0 bridgehead atoms. The van der Waals surface area contributed by atoms with Crippen LogP contribution in [0.3, 0.4) is 0 Å². The van der Waals surface area contributed by atoms with Crippen molar-refractivity contribution in [1.82, 2.24) is 4.98 Å². The molecule has 93 valence electrons. The van der Waals surface area contributed by atoms with E-state index in [4.69, 9.17) is 0 Å². The number of benzene rings is 1. The lowest BCUT2D eigenvalue weighted by atomic mass is 10.1. The van der Waals surface area contributed by atoms with Crippen molar-refractivity contribution in [3.63, 3.8) is 0 Å². The summed E-state index contributed by atoms with van der Waals surface area (Å²) in [7, 11) is -3.19. The Hall–Kier alpha value is -1.68. The molecule has 0 fully saturated rings. The van der Waals surface area contributed by atoms with Gasteiger partial charge in [0.1, 0.15) is 0 Å². The Balaban J connectivity index is 2.21. The van der Waals surface area contributed by atoms with Gasteiger partial charge in [0, 0.05) is 17.7 Å². The zero-order valence-corrected chi connectivity index (χ0v) is 10.7. The minimum atomic E-state index is -3.19. The first-order valence-electron chi connectivity index (χ1n) is 5.62. The molecular formula is C14H14NO2S. The number of hydrogen-bond acceptors (Lipinski definition) is 3. The quantitative estimate of drug-likeness (QED) is 0.848. The highest BCUT2D eigenvalue weighted by Gasteiger charge is 2.05. The highest BCUT2D eigenvalue weighted by atomic mass is 32.2. The maximum Gasteiger partial charge on any atom is 0.151 e. The largest absolute Gasteiger partial charge is 0.253 e. The molecule has 0 spiro atoms. The van der Waals surface area contributed by atoms with Gasteiger partial charge < -0.3 is 0 Å². The third kappa shape index (κ3) is 3.67. The van der Waals surface area contributed by atoms with E-state index in [1.54, 1.807) is 0 Å². The van der Waals surface area contributed by atoms with Crippen LogP contribution in [-0.2, 0) is 16.3 Å². The van der Waals surface area contributed by atoms with Gasteiger partial charge in [-0.1, -0.05) is 36.4 Å². The standard InChI is InChI=1S/C14H14NO2S/c1-18(16,17)11-10-13-8-5-9-14(15-13)12-6-3-2-4-7-12/h2-9H,1,10-11H2. The lowest BCUT2D eigenvalue weighted by Gasteiger charge is -2.04. The maximum absolute atomic E-state index is 11.0. The molecule has 0 aliphatic heterocycles. The Kier molecular flexibility index (Phi) is 3.77. The van der Waals surface area contributed by atoms with Crippen molar-refractivity contribution < 1.29 is 8.42 Å². The molecule has 0 unspecified atom stereocenters. The van der Waals surface area contributed by atoms with Crippen LogP contribution in [0.15, 0.2) is 48.5 Å². The van der Waals surface area contributed by atoms with E-state index in [-0.39, 0.29) is 5.75 Å². The number of hydrogen-bond donors (Lipinski definition) is 0. The third-order valence-corrected chi connectivity index (χ3v) is 3.37. The normalized spacial score (nSPS) is 11.4. The van der Waals surface area contributed by atoms with E-state index in [0.29, 0.717) is 6.42 Å². The molecule has 0 aliphatic rings. The fraction of sp³-hybridized carbons (Fsp3) is 0.143. The van der Waals surface area contributed by atoms with Crippen molar-refractivity contribution in [2.75, 3.05) is 5.75 Å². The van der Waals surface area contributed by atoms with Crippen LogP contribution in [0.2, 0.25) is 0 Å². The number of nitrogens with zero attached hydrogens (tertiary/aromatic N) is 1. The predicted octanol–water partition coefficient (Wildman–Crippen LogP) is 2.50. The molecule has 1 radical (unpaired) electrons. The van der Waals surface area contributed by atoms with Gasteiger partial charge in [0.25, 0.3) is 0 Å². The van der Waals surface area contributed by atoms with E-state index in [0.717, 1.165) is 17.0 Å². The van der Waals surface area contributed by atoms with E-state index < -0.39 is 9.84 Å². The van der Waals surface area contributed by atoms with Crippen molar-refractivity contribution in [3.8, 4) is 11.3 Å². The molecule has 0 N–H and O–H groups in total. The average Bonchev–Trinajstić information content (AvgIpc) is 2.37. The van der Waals surface area contributed by atoms with Crippen LogP contribution in [-0.4, -0.2) is 19.2 Å². The van der Waals surface area contributed by atoms with E-state index in [1.165, 1.54) is 0 Å². The van der Waals surface area contributed by atoms with Gasteiger partial charge in [0.05, 0.1) is 17.7 Å². The molecule has 4 heteroatoms. The second kappa shape index (κ2) is 5.31. The molecule has 2 aromatic rings. The molecule has 2 rings (SSSR count). The number of sulfone groups is 1. The van der Waals surface area contributed by atoms with Gasteiger partial charge in [-0.3, -0.25) is 4.98 Å². The van der Waals surface area contributed by atoms with Crippen molar-refractivity contribution in [2.45, 2.75) is 6.42 Å². The summed E-state index contributed by atoms with van der Waals surface area (Å²) < 4.78 is 22.0. The fourth-order valence-electron chi connectivity index (χ4n) is 1.65. The molecule has 18 heavy (non-hydrogen) atoms. The van der Waals surface area contributed by atoms with Crippen molar-refractivity contribution in [3.05, 3.63) is 60.5 Å². The molecule has 3 nitrogen and oxygen atoms in total.